The Kier molecular flexibility index (Phi) is 3.38. The van der Waals surface area contributed by atoms with E-state index in [9.17, 15) is 4.79 Å². The van der Waals surface area contributed by atoms with E-state index in [2.05, 4.69) is 6.92 Å². The lowest BCUT2D eigenvalue weighted by Gasteiger charge is -2.09. The second-order valence-electron chi connectivity index (χ2n) is 3.23. The molecule has 1 aliphatic rings. The van der Waals surface area contributed by atoms with Gasteiger partial charge >= 0.3 is 6.16 Å². The van der Waals surface area contributed by atoms with Crippen LogP contribution in [0.2, 0.25) is 0 Å². The minimum absolute atomic E-state index is 0.0101. The van der Waals surface area contributed by atoms with E-state index in [1.165, 1.54) is 12.8 Å². The maximum absolute atomic E-state index is 10.7. The maximum atomic E-state index is 10.7. The van der Waals surface area contributed by atoms with Gasteiger partial charge in [0.1, 0.15) is 12.2 Å². The molecule has 0 unspecified atom stereocenters. The summed E-state index contributed by atoms with van der Waals surface area (Å²) in [5.41, 5.74) is 0. The Labute approximate surface area is 73.0 Å². The van der Waals surface area contributed by atoms with Crippen LogP contribution in [0.1, 0.15) is 39.5 Å². The molecule has 0 amide bonds. The molecular formula is C9H16O3. The quantitative estimate of drug-likeness (QED) is 0.482. The van der Waals surface area contributed by atoms with Gasteiger partial charge in [-0.2, -0.15) is 0 Å². The molecule has 1 fully saturated rings. The number of unbranched alkanes of at least 4 members (excludes halogenated alkanes) is 2. The summed E-state index contributed by atoms with van der Waals surface area (Å²) in [7, 11) is 0. The zero-order valence-electron chi connectivity index (χ0n) is 7.71. The number of carbonyl (C=O) groups excluding carboxylic acids is 1. The first-order valence-electron chi connectivity index (χ1n) is 4.61. The molecule has 0 saturated carbocycles. The van der Waals surface area contributed by atoms with Gasteiger partial charge < -0.3 is 9.47 Å². The zero-order chi connectivity index (χ0) is 8.97. The van der Waals surface area contributed by atoms with Crippen molar-refractivity contribution < 1.29 is 14.3 Å². The number of cyclic esters (lactones) is 2. The van der Waals surface area contributed by atoms with Gasteiger partial charge in [0.25, 0.3) is 0 Å². The van der Waals surface area contributed by atoms with E-state index in [0.29, 0.717) is 0 Å². The minimum atomic E-state index is -0.510. The van der Waals surface area contributed by atoms with Crippen molar-refractivity contribution in [3.05, 3.63) is 0 Å². The van der Waals surface area contributed by atoms with E-state index >= 15 is 0 Å². The van der Waals surface area contributed by atoms with Crippen LogP contribution in [0.4, 0.5) is 4.79 Å². The molecule has 1 aliphatic heterocycles. The van der Waals surface area contributed by atoms with Crippen molar-refractivity contribution in [2.75, 3.05) is 0 Å². The molecular weight excluding hydrogens is 156 g/mol. The Bertz CT molecular complexity index is 156. The van der Waals surface area contributed by atoms with Gasteiger partial charge in [-0.3, -0.25) is 0 Å². The van der Waals surface area contributed by atoms with Crippen molar-refractivity contribution >= 4 is 6.16 Å². The zero-order valence-corrected chi connectivity index (χ0v) is 7.71. The Morgan fingerprint density at radius 3 is 2.58 bits per heavy atom. The van der Waals surface area contributed by atoms with Crippen LogP contribution in [0.25, 0.3) is 0 Å². The van der Waals surface area contributed by atoms with Crippen LogP contribution < -0.4 is 0 Å². The highest BCUT2D eigenvalue weighted by Crippen LogP contribution is 2.19. The van der Waals surface area contributed by atoms with Crippen molar-refractivity contribution in [3.8, 4) is 0 Å². The van der Waals surface area contributed by atoms with Gasteiger partial charge in [0, 0.05) is 0 Å². The summed E-state index contributed by atoms with van der Waals surface area (Å²) in [5, 5.41) is 0. The van der Waals surface area contributed by atoms with Gasteiger partial charge in [0.05, 0.1) is 0 Å². The summed E-state index contributed by atoms with van der Waals surface area (Å²) in [6.07, 6.45) is 3.85. The van der Waals surface area contributed by atoms with Crippen LogP contribution in [0, 0.1) is 0 Å². The number of hydrogen-bond donors (Lipinski definition) is 0. The van der Waals surface area contributed by atoms with E-state index in [1.807, 2.05) is 6.92 Å². The SMILES string of the molecule is CCCCC[C@H]1OC(=O)O[C@@H]1C. The molecule has 3 heteroatoms. The number of hydrogen-bond acceptors (Lipinski definition) is 3. The van der Waals surface area contributed by atoms with Crippen LogP contribution >= 0.6 is 0 Å². The van der Waals surface area contributed by atoms with Gasteiger partial charge in [0.15, 0.2) is 0 Å². The topological polar surface area (TPSA) is 35.5 Å². The molecule has 12 heavy (non-hydrogen) atoms. The van der Waals surface area contributed by atoms with Crippen LogP contribution in [0.3, 0.4) is 0 Å². The van der Waals surface area contributed by atoms with Crippen LogP contribution in [-0.4, -0.2) is 18.4 Å². The predicted octanol–water partition coefficient (Wildman–Crippen LogP) is 2.49. The van der Waals surface area contributed by atoms with Gasteiger partial charge in [-0.15, -0.1) is 0 Å². The van der Waals surface area contributed by atoms with E-state index < -0.39 is 6.16 Å². The summed E-state index contributed by atoms with van der Waals surface area (Å²) in [6.45, 7) is 4.03. The molecule has 0 bridgehead atoms. The normalized spacial score (nSPS) is 28.3. The fraction of sp³-hybridized carbons (Fsp3) is 0.889. The lowest BCUT2D eigenvalue weighted by Crippen LogP contribution is -2.18. The highest BCUT2D eigenvalue weighted by atomic mass is 16.8. The third-order valence-electron chi connectivity index (χ3n) is 2.15. The number of rotatable bonds is 4. The Morgan fingerprint density at radius 2 is 2.08 bits per heavy atom. The smallest absolute Gasteiger partial charge is 0.427 e. The van der Waals surface area contributed by atoms with Crippen LogP contribution in [0.15, 0.2) is 0 Å². The molecule has 1 heterocycles. The molecule has 1 saturated heterocycles. The lowest BCUT2D eigenvalue weighted by atomic mass is 10.1. The Balaban J connectivity index is 2.19. The van der Waals surface area contributed by atoms with Gasteiger partial charge in [-0.1, -0.05) is 19.8 Å². The second kappa shape index (κ2) is 4.33. The van der Waals surface area contributed by atoms with Crippen molar-refractivity contribution in [1.29, 1.82) is 0 Å². The molecule has 0 radical (unpaired) electrons. The molecule has 3 nitrogen and oxygen atoms in total. The summed E-state index contributed by atoms with van der Waals surface area (Å²) in [6, 6.07) is 0. The van der Waals surface area contributed by atoms with Crippen LogP contribution in [0.5, 0.6) is 0 Å². The molecule has 0 spiro atoms. The molecule has 0 aromatic carbocycles. The molecule has 2 atom stereocenters. The van der Waals surface area contributed by atoms with Crippen LogP contribution in [-0.2, 0) is 9.47 Å². The van der Waals surface area contributed by atoms with Gasteiger partial charge in [0.2, 0.25) is 0 Å². The predicted molar refractivity (Wildman–Crippen MR) is 45.0 cm³/mol. The molecule has 0 N–H and O–H groups in total. The summed E-state index contributed by atoms with van der Waals surface area (Å²) in [4.78, 5) is 10.7. The van der Waals surface area contributed by atoms with Gasteiger partial charge in [-0.25, -0.2) is 4.79 Å². The van der Waals surface area contributed by atoms with E-state index in [-0.39, 0.29) is 12.2 Å². The van der Waals surface area contributed by atoms with E-state index in [0.717, 1.165) is 12.8 Å². The average Bonchev–Trinajstić information content (AvgIpc) is 2.31. The first kappa shape index (κ1) is 9.36. The van der Waals surface area contributed by atoms with Crippen molar-refractivity contribution in [2.45, 2.75) is 51.7 Å². The largest absolute Gasteiger partial charge is 0.509 e. The lowest BCUT2D eigenvalue weighted by molar-refractivity contribution is 0.115. The Morgan fingerprint density at radius 1 is 1.33 bits per heavy atom. The van der Waals surface area contributed by atoms with E-state index in [4.69, 9.17) is 9.47 Å². The third kappa shape index (κ3) is 2.40. The number of carbonyl (C=O) groups is 1. The maximum Gasteiger partial charge on any atom is 0.509 e. The molecule has 1 rings (SSSR count). The highest BCUT2D eigenvalue weighted by molar-refractivity contribution is 5.62. The Hall–Kier alpha value is -0.730. The summed E-state index contributed by atoms with van der Waals surface area (Å²) < 4.78 is 9.80. The molecule has 0 aliphatic carbocycles. The van der Waals surface area contributed by atoms with E-state index in [1.54, 1.807) is 0 Å². The fourth-order valence-corrected chi connectivity index (χ4v) is 1.36. The first-order valence-corrected chi connectivity index (χ1v) is 4.61. The average molecular weight is 172 g/mol. The molecule has 0 aromatic rings. The first-order chi connectivity index (χ1) is 5.74. The second-order valence-corrected chi connectivity index (χ2v) is 3.23. The minimum Gasteiger partial charge on any atom is -0.427 e. The van der Waals surface area contributed by atoms with Crippen molar-refractivity contribution in [2.24, 2.45) is 0 Å². The third-order valence-corrected chi connectivity index (χ3v) is 2.15. The highest BCUT2D eigenvalue weighted by Gasteiger charge is 2.32. The standard InChI is InChI=1S/C9H16O3/c1-3-4-5-6-8-7(2)11-9(10)12-8/h7-8H,3-6H2,1-2H3/t7-,8-/m1/s1. The summed E-state index contributed by atoms with van der Waals surface area (Å²) in [5.74, 6) is 0. The monoisotopic (exact) mass is 172 g/mol. The summed E-state index contributed by atoms with van der Waals surface area (Å²) >= 11 is 0. The number of ether oxygens (including phenoxy) is 2. The van der Waals surface area contributed by atoms with Gasteiger partial charge in [-0.05, 0) is 19.8 Å². The molecule has 70 valence electrons. The van der Waals surface area contributed by atoms with Crippen molar-refractivity contribution in [3.63, 3.8) is 0 Å². The van der Waals surface area contributed by atoms with Crippen molar-refractivity contribution in [1.82, 2.24) is 0 Å². The fourth-order valence-electron chi connectivity index (χ4n) is 1.36. The molecule has 0 aromatic heterocycles.